The SMILES string of the molecule is Cc1ccc(NC(=O)Nc2cccc(CNc3cn[nH]c3C=O)c2)c(F)c1. The Hall–Kier alpha value is -3.68. The van der Waals surface area contributed by atoms with Crippen LogP contribution >= 0.6 is 0 Å². The minimum atomic E-state index is -0.541. The molecular formula is C19H18FN5O2. The lowest BCUT2D eigenvalue weighted by Gasteiger charge is -2.10. The van der Waals surface area contributed by atoms with Gasteiger partial charge in [0.15, 0.2) is 6.29 Å². The number of aldehydes is 1. The van der Waals surface area contributed by atoms with E-state index in [0.717, 1.165) is 11.1 Å². The van der Waals surface area contributed by atoms with Crippen LogP contribution < -0.4 is 16.0 Å². The van der Waals surface area contributed by atoms with E-state index in [1.807, 2.05) is 6.07 Å². The highest BCUT2D eigenvalue weighted by Gasteiger charge is 2.08. The van der Waals surface area contributed by atoms with Gasteiger partial charge < -0.3 is 16.0 Å². The molecule has 0 aliphatic heterocycles. The predicted molar refractivity (Wildman–Crippen MR) is 102 cm³/mol. The summed E-state index contributed by atoms with van der Waals surface area (Å²) in [6.45, 7) is 2.21. The number of H-pyrrole nitrogens is 1. The van der Waals surface area contributed by atoms with Crippen molar-refractivity contribution in [3.63, 3.8) is 0 Å². The van der Waals surface area contributed by atoms with Gasteiger partial charge in [0.25, 0.3) is 0 Å². The average molecular weight is 367 g/mol. The summed E-state index contributed by atoms with van der Waals surface area (Å²) in [5.41, 5.74) is 3.28. The molecule has 0 aliphatic carbocycles. The zero-order valence-corrected chi connectivity index (χ0v) is 14.5. The molecule has 0 spiro atoms. The van der Waals surface area contributed by atoms with E-state index in [1.54, 1.807) is 31.2 Å². The van der Waals surface area contributed by atoms with E-state index < -0.39 is 11.8 Å². The Morgan fingerprint density at radius 1 is 1.19 bits per heavy atom. The van der Waals surface area contributed by atoms with Crippen LogP contribution in [0.2, 0.25) is 0 Å². The Morgan fingerprint density at radius 3 is 2.81 bits per heavy atom. The quantitative estimate of drug-likeness (QED) is 0.496. The number of rotatable bonds is 6. The third-order valence-corrected chi connectivity index (χ3v) is 3.83. The predicted octanol–water partition coefficient (Wildman–Crippen LogP) is 3.93. The Morgan fingerprint density at radius 2 is 2.04 bits per heavy atom. The van der Waals surface area contributed by atoms with E-state index in [2.05, 4.69) is 26.1 Å². The van der Waals surface area contributed by atoms with Crippen molar-refractivity contribution < 1.29 is 14.0 Å². The molecule has 0 unspecified atom stereocenters. The first-order valence-corrected chi connectivity index (χ1v) is 8.20. The van der Waals surface area contributed by atoms with Gasteiger partial charge in [0.2, 0.25) is 0 Å². The second-order valence-electron chi connectivity index (χ2n) is 5.93. The van der Waals surface area contributed by atoms with E-state index in [9.17, 15) is 14.0 Å². The molecule has 3 rings (SSSR count). The maximum atomic E-state index is 13.8. The number of halogens is 1. The fourth-order valence-corrected chi connectivity index (χ4v) is 2.49. The second kappa shape index (κ2) is 8.13. The van der Waals surface area contributed by atoms with Crippen molar-refractivity contribution in [3.8, 4) is 0 Å². The van der Waals surface area contributed by atoms with Crippen molar-refractivity contribution in [2.45, 2.75) is 13.5 Å². The van der Waals surface area contributed by atoms with Crippen LogP contribution in [0, 0.1) is 12.7 Å². The number of nitrogens with zero attached hydrogens (tertiary/aromatic N) is 1. The zero-order valence-electron chi connectivity index (χ0n) is 14.5. The number of hydrogen-bond acceptors (Lipinski definition) is 4. The summed E-state index contributed by atoms with van der Waals surface area (Å²) in [5.74, 6) is -0.491. The molecule has 0 saturated heterocycles. The molecule has 0 radical (unpaired) electrons. The summed E-state index contributed by atoms with van der Waals surface area (Å²) in [6, 6.07) is 11.2. The van der Waals surface area contributed by atoms with Gasteiger partial charge in [-0.2, -0.15) is 5.10 Å². The number of carbonyl (C=O) groups excluding carboxylic acids is 2. The van der Waals surface area contributed by atoms with Gasteiger partial charge in [0.05, 0.1) is 17.6 Å². The topological polar surface area (TPSA) is 98.9 Å². The number of aryl methyl sites for hydroxylation is 1. The molecule has 1 aromatic heterocycles. The van der Waals surface area contributed by atoms with Crippen LogP contribution in [-0.4, -0.2) is 22.5 Å². The monoisotopic (exact) mass is 367 g/mol. The minimum absolute atomic E-state index is 0.109. The molecule has 3 aromatic rings. The summed E-state index contributed by atoms with van der Waals surface area (Å²) in [6.07, 6.45) is 2.21. The van der Waals surface area contributed by atoms with Crippen molar-refractivity contribution in [1.29, 1.82) is 0 Å². The number of amides is 2. The Balaban J connectivity index is 1.61. The van der Waals surface area contributed by atoms with Gasteiger partial charge >= 0.3 is 6.03 Å². The average Bonchev–Trinajstić information content (AvgIpc) is 3.10. The van der Waals surface area contributed by atoms with Crippen molar-refractivity contribution in [1.82, 2.24) is 10.2 Å². The Labute approximate surface area is 155 Å². The van der Waals surface area contributed by atoms with E-state index >= 15 is 0 Å². The van der Waals surface area contributed by atoms with Gasteiger partial charge in [-0.3, -0.25) is 9.89 Å². The molecule has 0 fully saturated rings. The fraction of sp³-hybridized carbons (Fsp3) is 0.105. The van der Waals surface area contributed by atoms with E-state index in [1.165, 1.54) is 18.3 Å². The highest BCUT2D eigenvalue weighted by molar-refractivity contribution is 5.99. The van der Waals surface area contributed by atoms with Gasteiger partial charge in [0, 0.05) is 12.2 Å². The summed E-state index contributed by atoms with van der Waals surface area (Å²) in [5, 5.41) is 14.6. The Kier molecular flexibility index (Phi) is 5.46. The molecule has 1 heterocycles. The number of carbonyl (C=O) groups is 2. The molecule has 2 amide bonds. The third kappa shape index (κ3) is 4.69. The largest absolute Gasteiger partial charge is 0.378 e. The maximum Gasteiger partial charge on any atom is 0.323 e. The van der Waals surface area contributed by atoms with E-state index in [4.69, 9.17) is 0 Å². The van der Waals surface area contributed by atoms with Crippen LogP contribution in [0.25, 0.3) is 0 Å². The lowest BCUT2D eigenvalue weighted by Crippen LogP contribution is -2.20. The van der Waals surface area contributed by atoms with Gasteiger partial charge in [-0.25, -0.2) is 9.18 Å². The lowest BCUT2D eigenvalue weighted by molar-refractivity contribution is 0.111. The molecule has 2 aromatic carbocycles. The number of aromatic amines is 1. The normalized spacial score (nSPS) is 10.3. The Bertz CT molecular complexity index is 970. The highest BCUT2D eigenvalue weighted by Crippen LogP contribution is 2.17. The van der Waals surface area contributed by atoms with Crippen LogP contribution in [0.5, 0.6) is 0 Å². The zero-order chi connectivity index (χ0) is 19.2. The van der Waals surface area contributed by atoms with Crippen molar-refractivity contribution in [2.75, 3.05) is 16.0 Å². The van der Waals surface area contributed by atoms with Crippen molar-refractivity contribution in [3.05, 3.63) is 71.3 Å². The smallest absolute Gasteiger partial charge is 0.323 e. The molecule has 0 saturated carbocycles. The first kappa shape index (κ1) is 18.1. The van der Waals surface area contributed by atoms with E-state index in [-0.39, 0.29) is 5.69 Å². The number of benzene rings is 2. The number of hydrogen-bond donors (Lipinski definition) is 4. The standard InChI is InChI=1S/C19H18FN5O2/c1-12-5-6-16(15(20)7-12)24-19(27)23-14-4-2-3-13(8-14)9-21-17-10-22-25-18(17)11-26/h2-8,10-11,21H,9H2,1H3,(H,22,25)(H2,23,24,27). The first-order chi connectivity index (χ1) is 13.0. The van der Waals surface area contributed by atoms with Crippen molar-refractivity contribution in [2.24, 2.45) is 0 Å². The molecular weight excluding hydrogens is 349 g/mol. The molecule has 4 N–H and O–H groups in total. The fourth-order valence-electron chi connectivity index (χ4n) is 2.49. The van der Waals surface area contributed by atoms with Crippen LogP contribution in [0.15, 0.2) is 48.7 Å². The molecule has 7 nitrogen and oxygen atoms in total. The maximum absolute atomic E-state index is 13.8. The van der Waals surface area contributed by atoms with E-state index in [0.29, 0.717) is 29.9 Å². The lowest BCUT2D eigenvalue weighted by atomic mass is 10.2. The summed E-state index contributed by atoms with van der Waals surface area (Å²) >= 11 is 0. The van der Waals surface area contributed by atoms with Crippen LogP contribution in [-0.2, 0) is 6.54 Å². The number of anilines is 3. The number of aromatic nitrogens is 2. The molecule has 27 heavy (non-hydrogen) atoms. The molecule has 138 valence electrons. The van der Waals surface area contributed by atoms with Gasteiger partial charge in [0.1, 0.15) is 11.5 Å². The molecule has 0 aliphatic rings. The van der Waals surface area contributed by atoms with Gasteiger partial charge in [-0.15, -0.1) is 0 Å². The van der Waals surface area contributed by atoms with Crippen LogP contribution in [0.1, 0.15) is 21.6 Å². The number of urea groups is 1. The van der Waals surface area contributed by atoms with Gasteiger partial charge in [-0.1, -0.05) is 18.2 Å². The van der Waals surface area contributed by atoms with Crippen LogP contribution in [0.3, 0.4) is 0 Å². The number of nitrogens with one attached hydrogen (secondary N) is 4. The highest BCUT2D eigenvalue weighted by atomic mass is 19.1. The second-order valence-corrected chi connectivity index (χ2v) is 5.93. The molecule has 0 atom stereocenters. The molecule has 8 heteroatoms. The van der Waals surface area contributed by atoms with Crippen molar-refractivity contribution >= 4 is 29.4 Å². The summed E-state index contributed by atoms with van der Waals surface area (Å²) in [7, 11) is 0. The van der Waals surface area contributed by atoms with Crippen LogP contribution in [0.4, 0.5) is 26.2 Å². The van der Waals surface area contributed by atoms with Gasteiger partial charge in [-0.05, 0) is 42.3 Å². The molecule has 0 bridgehead atoms. The minimum Gasteiger partial charge on any atom is -0.378 e. The summed E-state index contributed by atoms with van der Waals surface area (Å²) < 4.78 is 13.8. The summed E-state index contributed by atoms with van der Waals surface area (Å²) in [4.78, 5) is 23.0. The first-order valence-electron chi connectivity index (χ1n) is 8.20. The third-order valence-electron chi connectivity index (χ3n) is 3.83.